The maximum absolute atomic E-state index is 11.1. The lowest BCUT2D eigenvalue weighted by Crippen LogP contribution is -2.13. The summed E-state index contributed by atoms with van der Waals surface area (Å²) < 4.78 is 1.18. The normalized spacial score (nSPS) is 10.3. The van der Waals surface area contributed by atoms with Crippen molar-refractivity contribution < 1.29 is 29.7 Å². The van der Waals surface area contributed by atoms with Gasteiger partial charge in [0.1, 0.15) is 0 Å². The lowest BCUT2D eigenvalue weighted by Gasteiger charge is -2.06. The zero-order chi connectivity index (χ0) is 15.6. The van der Waals surface area contributed by atoms with Crippen LogP contribution in [0.3, 0.4) is 0 Å². The Kier molecular flexibility index (Phi) is 3.70. The van der Waals surface area contributed by atoms with Gasteiger partial charge in [0.05, 0.1) is 11.9 Å². The molecule has 0 aliphatic heterocycles. The van der Waals surface area contributed by atoms with Gasteiger partial charge in [0.2, 0.25) is 0 Å². The van der Waals surface area contributed by atoms with Gasteiger partial charge in [-0.15, -0.1) is 0 Å². The number of carbonyl (C=O) groups is 3. The minimum absolute atomic E-state index is 0.0712. The standard InChI is InChI=1S/C13H10N2O6/c16-11(17)8-3-1-7(2-4-8)5-15-6-14-9(12(18)19)10(15)13(20)21/h1-4,6H,5H2,(H,16,17)(H,18,19)(H,20,21). The molecule has 2 rings (SSSR count). The third-order valence-electron chi connectivity index (χ3n) is 2.80. The van der Waals surface area contributed by atoms with Gasteiger partial charge in [-0.25, -0.2) is 19.4 Å². The van der Waals surface area contributed by atoms with Crippen LogP contribution in [0.15, 0.2) is 30.6 Å². The first-order valence-corrected chi connectivity index (χ1v) is 5.74. The first kappa shape index (κ1) is 14.3. The van der Waals surface area contributed by atoms with E-state index in [9.17, 15) is 14.4 Å². The highest BCUT2D eigenvalue weighted by atomic mass is 16.4. The molecule has 1 aromatic carbocycles. The second kappa shape index (κ2) is 5.45. The lowest BCUT2D eigenvalue weighted by molar-refractivity contribution is 0.0640. The van der Waals surface area contributed by atoms with E-state index in [1.54, 1.807) is 0 Å². The van der Waals surface area contributed by atoms with Gasteiger partial charge in [-0.3, -0.25) is 0 Å². The van der Waals surface area contributed by atoms with Gasteiger partial charge in [-0.05, 0) is 17.7 Å². The molecule has 0 fully saturated rings. The van der Waals surface area contributed by atoms with Crippen molar-refractivity contribution in [3.05, 3.63) is 53.1 Å². The van der Waals surface area contributed by atoms with Crippen molar-refractivity contribution in [2.24, 2.45) is 0 Å². The van der Waals surface area contributed by atoms with Crippen molar-refractivity contribution >= 4 is 17.9 Å². The number of carboxylic acid groups (broad SMARTS) is 3. The Labute approximate surface area is 117 Å². The summed E-state index contributed by atoms with van der Waals surface area (Å²) in [5.74, 6) is -3.89. The Bertz CT molecular complexity index is 717. The zero-order valence-electron chi connectivity index (χ0n) is 10.6. The van der Waals surface area contributed by atoms with Gasteiger partial charge in [-0.1, -0.05) is 12.1 Å². The van der Waals surface area contributed by atoms with Crippen molar-refractivity contribution in [2.75, 3.05) is 0 Å². The molecule has 0 radical (unpaired) electrons. The van der Waals surface area contributed by atoms with Crippen molar-refractivity contribution in [2.45, 2.75) is 6.54 Å². The van der Waals surface area contributed by atoms with E-state index in [0.29, 0.717) is 5.56 Å². The van der Waals surface area contributed by atoms with Crippen LogP contribution in [-0.4, -0.2) is 42.8 Å². The molecule has 21 heavy (non-hydrogen) atoms. The Morgan fingerprint density at radius 2 is 1.57 bits per heavy atom. The average Bonchev–Trinajstić information content (AvgIpc) is 2.83. The summed E-state index contributed by atoms with van der Waals surface area (Å²) in [6, 6.07) is 5.81. The fraction of sp³-hybridized carbons (Fsp3) is 0.0769. The topological polar surface area (TPSA) is 130 Å². The van der Waals surface area contributed by atoms with E-state index in [-0.39, 0.29) is 12.1 Å². The van der Waals surface area contributed by atoms with Gasteiger partial charge in [0, 0.05) is 6.54 Å². The molecule has 1 heterocycles. The molecule has 1 aromatic heterocycles. The van der Waals surface area contributed by atoms with Crippen LogP contribution in [-0.2, 0) is 6.54 Å². The minimum Gasteiger partial charge on any atom is -0.478 e. The van der Waals surface area contributed by atoms with Crippen LogP contribution in [0.1, 0.15) is 36.9 Å². The molecular formula is C13H10N2O6. The highest BCUT2D eigenvalue weighted by Crippen LogP contribution is 2.12. The number of hydrogen-bond acceptors (Lipinski definition) is 4. The van der Waals surface area contributed by atoms with Gasteiger partial charge in [0.15, 0.2) is 11.4 Å². The third-order valence-corrected chi connectivity index (χ3v) is 2.80. The highest BCUT2D eigenvalue weighted by molar-refractivity contribution is 5.99. The number of aromatic nitrogens is 2. The summed E-state index contributed by atoms with van der Waals surface area (Å²) in [5.41, 5.74) is -0.236. The fourth-order valence-corrected chi connectivity index (χ4v) is 1.83. The molecule has 0 saturated heterocycles. The van der Waals surface area contributed by atoms with Crippen molar-refractivity contribution in [1.82, 2.24) is 9.55 Å². The Balaban J connectivity index is 2.33. The molecule has 2 aromatic rings. The quantitative estimate of drug-likeness (QED) is 0.749. The predicted molar refractivity (Wildman–Crippen MR) is 68.6 cm³/mol. The van der Waals surface area contributed by atoms with Crippen molar-refractivity contribution in [3.8, 4) is 0 Å². The molecule has 0 aliphatic rings. The summed E-state index contributed by atoms with van der Waals surface area (Å²) in [5, 5.41) is 26.8. The smallest absolute Gasteiger partial charge is 0.357 e. The zero-order valence-corrected chi connectivity index (χ0v) is 10.6. The molecular weight excluding hydrogens is 280 g/mol. The van der Waals surface area contributed by atoms with Crippen LogP contribution in [0.2, 0.25) is 0 Å². The largest absolute Gasteiger partial charge is 0.478 e. The lowest BCUT2D eigenvalue weighted by atomic mass is 10.1. The van der Waals surface area contributed by atoms with Crippen LogP contribution in [0.4, 0.5) is 0 Å². The maximum atomic E-state index is 11.1. The summed E-state index contributed by atoms with van der Waals surface area (Å²) in [6.07, 6.45) is 1.12. The minimum atomic E-state index is -1.42. The summed E-state index contributed by atoms with van der Waals surface area (Å²) >= 11 is 0. The SMILES string of the molecule is O=C(O)c1ccc(Cn2cnc(C(=O)O)c2C(=O)O)cc1. The van der Waals surface area contributed by atoms with Gasteiger partial charge in [-0.2, -0.15) is 0 Å². The summed E-state index contributed by atoms with van der Waals surface area (Å²) in [7, 11) is 0. The molecule has 0 spiro atoms. The number of hydrogen-bond donors (Lipinski definition) is 3. The van der Waals surface area contributed by atoms with E-state index in [0.717, 1.165) is 6.33 Å². The number of carboxylic acids is 3. The van der Waals surface area contributed by atoms with E-state index in [1.165, 1.54) is 28.8 Å². The number of imidazole rings is 1. The molecule has 8 nitrogen and oxygen atoms in total. The second-order valence-electron chi connectivity index (χ2n) is 4.18. The highest BCUT2D eigenvalue weighted by Gasteiger charge is 2.22. The van der Waals surface area contributed by atoms with Crippen LogP contribution < -0.4 is 0 Å². The van der Waals surface area contributed by atoms with E-state index in [1.807, 2.05) is 0 Å². The predicted octanol–water partition coefficient (Wildman–Crippen LogP) is 1.03. The molecule has 108 valence electrons. The molecule has 3 N–H and O–H groups in total. The first-order valence-electron chi connectivity index (χ1n) is 5.74. The van der Waals surface area contributed by atoms with E-state index < -0.39 is 29.3 Å². The molecule has 8 heteroatoms. The monoisotopic (exact) mass is 290 g/mol. The third kappa shape index (κ3) is 2.89. The number of aromatic carboxylic acids is 3. The van der Waals surface area contributed by atoms with Crippen LogP contribution in [0.25, 0.3) is 0 Å². The molecule has 0 saturated carbocycles. The number of nitrogens with zero attached hydrogens (tertiary/aromatic N) is 2. The van der Waals surface area contributed by atoms with Crippen molar-refractivity contribution in [1.29, 1.82) is 0 Å². The van der Waals surface area contributed by atoms with Gasteiger partial charge >= 0.3 is 17.9 Å². The van der Waals surface area contributed by atoms with E-state index >= 15 is 0 Å². The Hall–Kier alpha value is -3.16. The van der Waals surface area contributed by atoms with Gasteiger partial charge < -0.3 is 19.9 Å². The average molecular weight is 290 g/mol. The van der Waals surface area contributed by atoms with Crippen LogP contribution >= 0.6 is 0 Å². The van der Waals surface area contributed by atoms with Gasteiger partial charge in [0.25, 0.3) is 0 Å². The van der Waals surface area contributed by atoms with Crippen molar-refractivity contribution in [3.63, 3.8) is 0 Å². The summed E-state index contributed by atoms with van der Waals surface area (Å²) in [6.45, 7) is 0.0712. The molecule has 0 unspecified atom stereocenters. The van der Waals surface area contributed by atoms with Crippen LogP contribution in [0.5, 0.6) is 0 Å². The van der Waals surface area contributed by atoms with E-state index in [2.05, 4.69) is 4.98 Å². The Morgan fingerprint density at radius 1 is 0.952 bits per heavy atom. The number of rotatable bonds is 5. The molecule has 0 amide bonds. The maximum Gasteiger partial charge on any atom is 0.357 e. The second-order valence-corrected chi connectivity index (χ2v) is 4.18. The molecule has 0 aliphatic carbocycles. The fourth-order valence-electron chi connectivity index (χ4n) is 1.83. The van der Waals surface area contributed by atoms with Crippen LogP contribution in [0, 0.1) is 0 Å². The molecule has 0 bridgehead atoms. The Morgan fingerprint density at radius 3 is 2.05 bits per heavy atom. The van der Waals surface area contributed by atoms with E-state index in [4.69, 9.17) is 15.3 Å². The first-order chi connectivity index (χ1) is 9.90. The summed E-state index contributed by atoms with van der Waals surface area (Å²) in [4.78, 5) is 36.3. The number of benzene rings is 1. The molecule has 0 atom stereocenters.